The van der Waals surface area contributed by atoms with E-state index in [0.717, 1.165) is 44.6 Å². The molecule has 274 valence electrons. The molecule has 0 spiro atoms. The SMILES string of the molecule is CC(=N)NCC[C@@H]1CCC[C@@H](c2ccc(-n3cc4cc(-c5cc(CCCC(N)C6CC6)cc(C(F)(F)F)c5)[nH]c4nc3=O)cc2F)N1CCCF. The van der Waals surface area contributed by atoms with Gasteiger partial charge in [-0.2, -0.15) is 18.2 Å². The van der Waals surface area contributed by atoms with Crippen molar-refractivity contribution < 1.29 is 22.0 Å². The Bertz CT molecular complexity index is 1900. The number of fused-ring (bicyclic) bond motifs is 1. The Morgan fingerprint density at radius 3 is 2.63 bits per heavy atom. The maximum atomic E-state index is 15.9. The summed E-state index contributed by atoms with van der Waals surface area (Å²) in [5.41, 5.74) is 6.98. The molecule has 13 heteroatoms. The molecular weight excluding hydrogens is 665 g/mol. The minimum Gasteiger partial charge on any atom is -0.374 e. The zero-order valence-electron chi connectivity index (χ0n) is 28.8. The number of nitrogens with zero attached hydrogens (tertiary/aromatic N) is 3. The van der Waals surface area contributed by atoms with Crippen molar-refractivity contribution in [3.63, 3.8) is 0 Å². The third kappa shape index (κ3) is 8.86. The number of rotatable bonds is 14. The lowest BCUT2D eigenvalue weighted by Crippen LogP contribution is -2.44. The zero-order valence-corrected chi connectivity index (χ0v) is 28.8. The van der Waals surface area contributed by atoms with Crippen LogP contribution >= 0.6 is 0 Å². The third-order valence-electron chi connectivity index (χ3n) is 10.3. The van der Waals surface area contributed by atoms with E-state index in [1.165, 1.54) is 22.9 Å². The van der Waals surface area contributed by atoms with Gasteiger partial charge in [-0.3, -0.25) is 19.3 Å². The van der Waals surface area contributed by atoms with Crippen LogP contribution in [0.15, 0.2) is 53.5 Å². The molecule has 1 saturated heterocycles. The summed E-state index contributed by atoms with van der Waals surface area (Å²) in [7, 11) is 0. The number of hydrogen-bond donors (Lipinski definition) is 4. The molecule has 1 aliphatic carbocycles. The highest BCUT2D eigenvalue weighted by Gasteiger charge is 2.34. The Morgan fingerprint density at radius 2 is 1.92 bits per heavy atom. The molecule has 51 heavy (non-hydrogen) atoms. The Balaban J connectivity index is 1.25. The number of amidine groups is 1. The summed E-state index contributed by atoms with van der Waals surface area (Å²) in [5.74, 6) is 0.403. The third-order valence-corrected chi connectivity index (χ3v) is 10.3. The molecule has 5 N–H and O–H groups in total. The average Bonchev–Trinajstić information content (AvgIpc) is 3.86. The molecule has 1 aliphatic heterocycles. The van der Waals surface area contributed by atoms with Gasteiger partial charge in [-0.1, -0.05) is 6.07 Å². The first-order valence-corrected chi connectivity index (χ1v) is 17.9. The number of aromatic nitrogens is 3. The van der Waals surface area contributed by atoms with Gasteiger partial charge in [0.15, 0.2) is 0 Å². The molecule has 0 bridgehead atoms. The van der Waals surface area contributed by atoms with E-state index in [2.05, 4.69) is 20.2 Å². The number of halogens is 5. The highest BCUT2D eigenvalue weighted by Crippen LogP contribution is 2.38. The minimum atomic E-state index is -4.54. The number of aromatic amines is 1. The normalized spacial score (nSPS) is 19.0. The molecule has 8 nitrogen and oxygen atoms in total. The minimum absolute atomic E-state index is 0.0744. The predicted octanol–water partition coefficient (Wildman–Crippen LogP) is 7.83. The Morgan fingerprint density at radius 1 is 1.12 bits per heavy atom. The van der Waals surface area contributed by atoms with E-state index in [9.17, 15) is 22.4 Å². The lowest BCUT2D eigenvalue weighted by atomic mass is 9.88. The lowest BCUT2D eigenvalue weighted by molar-refractivity contribution is -0.137. The van der Waals surface area contributed by atoms with Gasteiger partial charge >= 0.3 is 11.9 Å². The van der Waals surface area contributed by atoms with Crippen LogP contribution in [0.2, 0.25) is 0 Å². The molecule has 0 radical (unpaired) electrons. The van der Waals surface area contributed by atoms with Crippen LogP contribution in [0.1, 0.15) is 87.4 Å². The fraction of sp³-hybridized carbons (Fsp3) is 0.500. The largest absolute Gasteiger partial charge is 0.416 e. The fourth-order valence-electron chi connectivity index (χ4n) is 7.51. The summed E-state index contributed by atoms with van der Waals surface area (Å²) < 4.78 is 72.2. The number of nitrogens with one attached hydrogen (secondary N) is 3. The molecule has 6 rings (SSSR count). The highest BCUT2D eigenvalue weighted by molar-refractivity contribution is 5.83. The standard InChI is InChI=1S/C38H46F5N7O/c1-23(44)46-15-13-29-6-3-8-35(49(29)16-4-14-39)31-12-11-30(21-32(31)40)50-22-27-20-34(47-36(27)48-37(50)51)26-17-24(18-28(19-26)38(41,42)43)5-2-7-33(45)25-9-10-25/h11-12,17-22,25,29,33,35H,2-10,13-16,45H2,1H3,(H2,44,46)(H,47,48,51)/t29-,33?,35-/m0/s1. The average molecular weight is 712 g/mol. The lowest BCUT2D eigenvalue weighted by Gasteiger charge is -2.43. The molecule has 1 saturated carbocycles. The van der Waals surface area contributed by atoms with Crippen LogP contribution in [0.25, 0.3) is 28.0 Å². The first kappa shape index (κ1) is 36.7. The molecule has 4 aromatic rings. The number of hydrogen-bond acceptors (Lipinski definition) is 5. The van der Waals surface area contributed by atoms with E-state index in [0.29, 0.717) is 78.3 Å². The second-order valence-corrected chi connectivity index (χ2v) is 14.1. The molecule has 0 amide bonds. The van der Waals surface area contributed by atoms with E-state index >= 15 is 4.39 Å². The number of benzene rings is 2. The number of piperidine rings is 1. The van der Waals surface area contributed by atoms with E-state index in [1.807, 2.05) is 0 Å². The highest BCUT2D eigenvalue weighted by atomic mass is 19.4. The van der Waals surface area contributed by atoms with Gasteiger partial charge in [0.1, 0.15) is 11.5 Å². The molecule has 2 aromatic heterocycles. The molecule has 1 unspecified atom stereocenters. The predicted molar refractivity (Wildman–Crippen MR) is 189 cm³/mol. The van der Waals surface area contributed by atoms with Crippen molar-refractivity contribution in [2.75, 3.05) is 19.8 Å². The molecular formula is C38H46F5N7O. The quantitative estimate of drug-likeness (QED) is 0.0605. The van der Waals surface area contributed by atoms with Crippen molar-refractivity contribution in [2.45, 2.75) is 95.4 Å². The van der Waals surface area contributed by atoms with Crippen molar-refractivity contribution in [2.24, 2.45) is 11.7 Å². The maximum absolute atomic E-state index is 15.9. The monoisotopic (exact) mass is 711 g/mol. The topological polar surface area (TPSA) is 116 Å². The van der Waals surface area contributed by atoms with Gasteiger partial charge < -0.3 is 16.0 Å². The van der Waals surface area contributed by atoms with Crippen LogP contribution < -0.4 is 16.7 Å². The van der Waals surface area contributed by atoms with Gasteiger partial charge in [-0.05, 0) is 125 Å². The smallest absolute Gasteiger partial charge is 0.374 e. The Kier molecular flexibility index (Phi) is 11.3. The zero-order chi connectivity index (χ0) is 36.3. The van der Waals surface area contributed by atoms with Crippen molar-refractivity contribution in [3.8, 4) is 16.9 Å². The fourth-order valence-corrected chi connectivity index (χ4v) is 7.51. The van der Waals surface area contributed by atoms with E-state index in [-0.39, 0.29) is 29.5 Å². The van der Waals surface area contributed by atoms with Crippen LogP contribution in [-0.4, -0.2) is 57.1 Å². The summed E-state index contributed by atoms with van der Waals surface area (Å²) in [4.78, 5) is 22.5. The molecule has 3 atom stereocenters. The summed E-state index contributed by atoms with van der Waals surface area (Å²) in [6, 6.07) is 10.2. The van der Waals surface area contributed by atoms with E-state index < -0.39 is 29.9 Å². The number of likely N-dealkylation sites (tertiary alicyclic amines) is 1. The van der Waals surface area contributed by atoms with Crippen LogP contribution in [0.5, 0.6) is 0 Å². The van der Waals surface area contributed by atoms with Gasteiger partial charge in [0, 0.05) is 54.1 Å². The summed E-state index contributed by atoms with van der Waals surface area (Å²) in [6.07, 6.45) is 4.66. The molecule has 2 fully saturated rings. The number of alkyl halides is 4. The summed E-state index contributed by atoms with van der Waals surface area (Å²) in [6.45, 7) is 2.28. The number of nitrogens with two attached hydrogens (primary N) is 1. The van der Waals surface area contributed by atoms with Crippen molar-refractivity contribution in [1.82, 2.24) is 24.8 Å². The van der Waals surface area contributed by atoms with Gasteiger partial charge in [0.2, 0.25) is 0 Å². The first-order chi connectivity index (χ1) is 24.4. The van der Waals surface area contributed by atoms with Crippen molar-refractivity contribution in [3.05, 3.63) is 81.7 Å². The van der Waals surface area contributed by atoms with Gasteiger partial charge in [0.25, 0.3) is 0 Å². The van der Waals surface area contributed by atoms with Crippen molar-refractivity contribution >= 4 is 16.9 Å². The van der Waals surface area contributed by atoms with Gasteiger partial charge in [0.05, 0.1) is 23.8 Å². The number of H-pyrrole nitrogens is 1. The molecule has 3 heterocycles. The van der Waals surface area contributed by atoms with Crippen LogP contribution in [-0.2, 0) is 12.6 Å². The van der Waals surface area contributed by atoms with Crippen molar-refractivity contribution in [1.29, 1.82) is 5.41 Å². The molecule has 2 aliphatic rings. The van der Waals surface area contributed by atoms with Crippen LogP contribution in [0.3, 0.4) is 0 Å². The maximum Gasteiger partial charge on any atom is 0.416 e. The summed E-state index contributed by atoms with van der Waals surface area (Å²) in [5, 5.41) is 11.2. The summed E-state index contributed by atoms with van der Waals surface area (Å²) >= 11 is 0. The first-order valence-electron chi connectivity index (χ1n) is 17.9. The Labute approximate surface area is 294 Å². The van der Waals surface area contributed by atoms with Crippen LogP contribution in [0, 0.1) is 17.1 Å². The molecule has 2 aromatic carbocycles. The van der Waals surface area contributed by atoms with Crippen LogP contribution in [0.4, 0.5) is 22.0 Å². The Hall–Kier alpha value is -4.10. The van der Waals surface area contributed by atoms with Gasteiger partial charge in [-0.15, -0.1) is 0 Å². The number of aryl methyl sites for hydroxylation is 1. The van der Waals surface area contributed by atoms with E-state index in [1.54, 1.807) is 31.2 Å². The second-order valence-electron chi connectivity index (χ2n) is 14.1. The van der Waals surface area contributed by atoms with E-state index in [4.69, 9.17) is 11.1 Å². The second kappa shape index (κ2) is 15.6. The van der Waals surface area contributed by atoms with Gasteiger partial charge in [-0.25, -0.2) is 9.18 Å².